The summed E-state index contributed by atoms with van der Waals surface area (Å²) in [5.41, 5.74) is -0.758. The standard InChI is InChI=1S/C8H7F3O2S/c1-14(12)13-7-4-2-6(3-5-7)8(9,10)11/h2-5H,1H3. The van der Waals surface area contributed by atoms with Crippen molar-refractivity contribution in [3.8, 4) is 5.75 Å². The molecule has 0 aliphatic rings. The van der Waals surface area contributed by atoms with Crippen LogP contribution in [0.5, 0.6) is 5.75 Å². The zero-order valence-electron chi connectivity index (χ0n) is 7.17. The number of hydrogen-bond acceptors (Lipinski definition) is 2. The molecule has 6 heteroatoms. The molecule has 0 N–H and O–H groups in total. The Labute approximate surface area is 81.4 Å². The van der Waals surface area contributed by atoms with Crippen LogP contribution < -0.4 is 4.18 Å². The maximum Gasteiger partial charge on any atom is 0.416 e. The fourth-order valence-electron chi connectivity index (χ4n) is 0.835. The molecule has 1 aromatic carbocycles. The number of alkyl halides is 3. The molecule has 78 valence electrons. The fourth-order valence-corrected chi connectivity index (χ4v) is 1.22. The van der Waals surface area contributed by atoms with Crippen molar-refractivity contribution in [1.82, 2.24) is 0 Å². The summed E-state index contributed by atoms with van der Waals surface area (Å²) in [4.78, 5) is 0. The van der Waals surface area contributed by atoms with Crippen molar-refractivity contribution in [1.29, 1.82) is 0 Å². The Bertz CT molecular complexity index is 331. The smallest absolute Gasteiger partial charge is 0.401 e. The van der Waals surface area contributed by atoms with E-state index >= 15 is 0 Å². The summed E-state index contributed by atoms with van der Waals surface area (Å²) in [5.74, 6) is 0.152. The molecule has 1 unspecified atom stereocenters. The van der Waals surface area contributed by atoms with Gasteiger partial charge in [0.25, 0.3) is 0 Å². The van der Waals surface area contributed by atoms with Gasteiger partial charge in [-0.1, -0.05) is 0 Å². The van der Waals surface area contributed by atoms with Crippen LogP contribution in [0.15, 0.2) is 24.3 Å². The molecular formula is C8H7F3O2S. The first-order chi connectivity index (χ1) is 6.39. The highest BCUT2D eigenvalue weighted by atomic mass is 32.2. The summed E-state index contributed by atoms with van der Waals surface area (Å²) in [6.45, 7) is 0. The van der Waals surface area contributed by atoms with E-state index < -0.39 is 22.8 Å². The van der Waals surface area contributed by atoms with E-state index in [0.29, 0.717) is 0 Å². The predicted molar refractivity (Wildman–Crippen MR) is 46.1 cm³/mol. The van der Waals surface area contributed by atoms with Crippen LogP contribution in [-0.2, 0) is 17.3 Å². The van der Waals surface area contributed by atoms with Crippen molar-refractivity contribution in [2.45, 2.75) is 6.18 Å². The van der Waals surface area contributed by atoms with Crippen molar-refractivity contribution in [2.75, 3.05) is 6.26 Å². The highest BCUT2D eigenvalue weighted by Gasteiger charge is 2.30. The average molecular weight is 224 g/mol. The van der Waals surface area contributed by atoms with Gasteiger partial charge in [-0.25, -0.2) is 4.21 Å². The predicted octanol–water partition coefficient (Wildman–Crippen LogP) is 2.38. The van der Waals surface area contributed by atoms with Crippen molar-refractivity contribution >= 4 is 11.1 Å². The van der Waals surface area contributed by atoms with Crippen LogP contribution in [0.2, 0.25) is 0 Å². The third-order valence-electron chi connectivity index (χ3n) is 1.40. The van der Waals surface area contributed by atoms with Gasteiger partial charge in [-0.15, -0.1) is 0 Å². The maximum atomic E-state index is 12.1. The number of hydrogen-bond donors (Lipinski definition) is 0. The minimum absolute atomic E-state index is 0.152. The van der Waals surface area contributed by atoms with Gasteiger partial charge in [0.15, 0.2) is 0 Å². The van der Waals surface area contributed by atoms with Gasteiger partial charge >= 0.3 is 6.18 Å². The van der Waals surface area contributed by atoms with Crippen molar-refractivity contribution in [2.24, 2.45) is 0 Å². The summed E-state index contributed by atoms with van der Waals surface area (Å²) >= 11 is -1.53. The van der Waals surface area contributed by atoms with E-state index in [9.17, 15) is 17.4 Å². The molecule has 0 heterocycles. The molecule has 0 saturated carbocycles. The molecule has 1 aromatic rings. The van der Waals surface area contributed by atoms with Crippen LogP contribution >= 0.6 is 0 Å². The summed E-state index contributed by atoms with van der Waals surface area (Å²) in [6.07, 6.45) is -3.07. The second-order valence-electron chi connectivity index (χ2n) is 2.51. The summed E-state index contributed by atoms with van der Waals surface area (Å²) < 4.78 is 51.5. The van der Waals surface area contributed by atoms with Crippen LogP contribution in [0.4, 0.5) is 13.2 Å². The molecule has 2 nitrogen and oxygen atoms in total. The molecular weight excluding hydrogens is 217 g/mol. The van der Waals surface area contributed by atoms with E-state index in [1.54, 1.807) is 0 Å². The van der Waals surface area contributed by atoms with Crippen LogP contribution in [0.3, 0.4) is 0 Å². The zero-order chi connectivity index (χ0) is 10.8. The first-order valence-electron chi connectivity index (χ1n) is 3.58. The minimum atomic E-state index is -4.36. The first-order valence-corrected chi connectivity index (χ1v) is 5.07. The number of halogens is 3. The molecule has 14 heavy (non-hydrogen) atoms. The van der Waals surface area contributed by atoms with E-state index in [4.69, 9.17) is 0 Å². The highest BCUT2D eigenvalue weighted by Crippen LogP contribution is 2.30. The quantitative estimate of drug-likeness (QED) is 0.770. The van der Waals surface area contributed by atoms with Gasteiger partial charge in [0.2, 0.25) is 11.1 Å². The molecule has 0 saturated heterocycles. The zero-order valence-corrected chi connectivity index (χ0v) is 7.98. The third kappa shape index (κ3) is 3.02. The lowest BCUT2D eigenvalue weighted by atomic mass is 10.2. The molecule has 1 atom stereocenters. The Morgan fingerprint density at radius 2 is 1.71 bits per heavy atom. The average Bonchev–Trinajstić information content (AvgIpc) is 2.02. The Balaban J connectivity index is 2.84. The molecule has 0 amide bonds. The molecule has 0 radical (unpaired) electrons. The number of benzene rings is 1. The molecule has 1 rings (SSSR count). The van der Waals surface area contributed by atoms with Crippen LogP contribution in [0.1, 0.15) is 5.56 Å². The fraction of sp³-hybridized carbons (Fsp3) is 0.250. The summed E-state index contributed by atoms with van der Waals surface area (Å²) in [5, 5.41) is 0. The van der Waals surface area contributed by atoms with Gasteiger partial charge in [-0.2, -0.15) is 13.2 Å². The van der Waals surface area contributed by atoms with Crippen molar-refractivity contribution in [3.05, 3.63) is 29.8 Å². The molecule has 0 aromatic heterocycles. The lowest BCUT2D eigenvalue weighted by molar-refractivity contribution is -0.137. The van der Waals surface area contributed by atoms with Crippen molar-refractivity contribution < 1.29 is 21.6 Å². The van der Waals surface area contributed by atoms with E-state index in [0.717, 1.165) is 24.3 Å². The van der Waals surface area contributed by atoms with Crippen LogP contribution in [-0.4, -0.2) is 10.5 Å². The topological polar surface area (TPSA) is 26.3 Å². The summed E-state index contributed by atoms with van der Waals surface area (Å²) in [7, 11) is 0. The second kappa shape index (κ2) is 4.00. The second-order valence-corrected chi connectivity index (χ2v) is 3.48. The van der Waals surface area contributed by atoms with Crippen LogP contribution in [0.25, 0.3) is 0 Å². The van der Waals surface area contributed by atoms with Gasteiger partial charge in [0.05, 0.1) is 5.56 Å². The Hall–Kier alpha value is -1.04. The minimum Gasteiger partial charge on any atom is -0.401 e. The van der Waals surface area contributed by atoms with Gasteiger partial charge < -0.3 is 4.18 Å². The maximum absolute atomic E-state index is 12.1. The first kappa shape index (κ1) is 11.0. The monoisotopic (exact) mass is 224 g/mol. The molecule has 0 fully saturated rings. The number of rotatable bonds is 2. The van der Waals surface area contributed by atoms with Gasteiger partial charge in [0, 0.05) is 6.26 Å². The van der Waals surface area contributed by atoms with Gasteiger partial charge in [-0.05, 0) is 24.3 Å². The van der Waals surface area contributed by atoms with E-state index in [1.165, 1.54) is 6.26 Å². The van der Waals surface area contributed by atoms with E-state index in [1.807, 2.05) is 0 Å². The molecule has 0 aliphatic heterocycles. The molecule has 0 aliphatic carbocycles. The van der Waals surface area contributed by atoms with Gasteiger partial charge in [0.1, 0.15) is 5.75 Å². The molecule has 0 spiro atoms. The summed E-state index contributed by atoms with van der Waals surface area (Å²) in [6, 6.07) is 4.01. The third-order valence-corrected chi connectivity index (χ3v) is 1.82. The van der Waals surface area contributed by atoms with Crippen LogP contribution in [0, 0.1) is 0 Å². The lowest BCUT2D eigenvalue weighted by Crippen LogP contribution is -2.04. The lowest BCUT2D eigenvalue weighted by Gasteiger charge is -2.06. The Kier molecular flexibility index (Phi) is 3.15. The SMILES string of the molecule is CS(=O)Oc1ccc(C(F)(F)F)cc1. The van der Waals surface area contributed by atoms with Gasteiger partial charge in [-0.3, -0.25) is 0 Å². The Morgan fingerprint density at radius 1 is 1.21 bits per heavy atom. The normalized spacial score (nSPS) is 13.7. The largest absolute Gasteiger partial charge is 0.416 e. The van der Waals surface area contributed by atoms with E-state index in [2.05, 4.69) is 4.18 Å². The van der Waals surface area contributed by atoms with E-state index in [-0.39, 0.29) is 5.75 Å². The molecule has 0 bridgehead atoms. The Morgan fingerprint density at radius 3 is 2.07 bits per heavy atom. The van der Waals surface area contributed by atoms with Crippen molar-refractivity contribution in [3.63, 3.8) is 0 Å². The highest BCUT2D eigenvalue weighted by molar-refractivity contribution is 7.79.